The fraction of sp³-hybridized carbons (Fsp3) is 0.600. The van der Waals surface area contributed by atoms with Crippen molar-refractivity contribution in [1.29, 1.82) is 0 Å². The maximum Gasteiger partial charge on any atom is 0.316 e. The first-order valence-electron chi connectivity index (χ1n) is 8.67. The second-order valence-electron chi connectivity index (χ2n) is 7.11. The van der Waals surface area contributed by atoms with Crippen molar-refractivity contribution >= 4 is 11.8 Å². The molecule has 1 atom stereocenters. The van der Waals surface area contributed by atoms with Crippen LogP contribution in [0.4, 0.5) is 0 Å². The summed E-state index contributed by atoms with van der Waals surface area (Å²) in [6.45, 7) is 8.78. The zero-order valence-corrected chi connectivity index (χ0v) is 15.8. The van der Waals surface area contributed by atoms with Gasteiger partial charge in [0.05, 0.1) is 25.7 Å². The van der Waals surface area contributed by atoms with E-state index in [-0.39, 0.29) is 18.2 Å². The smallest absolute Gasteiger partial charge is 0.316 e. The van der Waals surface area contributed by atoms with Gasteiger partial charge >= 0.3 is 5.97 Å². The van der Waals surface area contributed by atoms with Crippen LogP contribution in [-0.2, 0) is 23.8 Å². The number of rotatable bonds is 6. The lowest BCUT2D eigenvalue weighted by Gasteiger charge is -2.22. The maximum atomic E-state index is 12.2. The third kappa shape index (κ3) is 4.28. The maximum absolute atomic E-state index is 12.2. The van der Waals surface area contributed by atoms with Gasteiger partial charge in [-0.05, 0) is 45.3 Å². The summed E-state index contributed by atoms with van der Waals surface area (Å²) in [6.07, 6.45) is 7.71. The van der Waals surface area contributed by atoms with Crippen LogP contribution in [0.1, 0.15) is 47.0 Å². The van der Waals surface area contributed by atoms with Crippen LogP contribution in [0.2, 0.25) is 0 Å². The lowest BCUT2D eigenvalue weighted by Crippen LogP contribution is -2.29. The fourth-order valence-corrected chi connectivity index (χ4v) is 3.38. The minimum absolute atomic E-state index is 0.00219. The standard InChI is InChI=1S/C20H28O5/c1-14(7-6-10-20(4)24-11-12-25-20)8-9-16-15(2)17(21)13-19(16,3)18(22)23-5/h7-9H,6,10-13H2,1-5H3/b9-8+,14-7+. The highest BCUT2D eigenvalue weighted by Gasteiger charge is 2.45. The summed E-state index contributed by atoms with van der Waals surface area (Å²) < 4.78 is 16.1. The lowest BCUT2D eigenvalue weighted by molar-refractivity contribution is -0.150. The van der Waals surface area contributed by atoms with E-state index in [9.17, 15) is 9.59 Å². The van der Waals surface area contributed by atoms with Crippen LogP contribution >= 0.6 is 0 Å². The molecule has 0 aromatic heterocycles. The molecule has 0 spiro atoms. The van der Waals surface area contributed by atoms with Crippen molar-refractivity contribution < 1.29 is 23.8 Å². The van der Waals surface area contributed by atoms with Crippen molar-refractivity contribution in [2.24, 2.45) is 5.41 Å². The van der Waals surface area contributed by atoms with E-state index < -0.39 is 11.2 Å². The Morgan fingerprint density at radius 2 is 1.92 bits per heavy atom. The normalized spacial score (nSPS) is 26.8. The van der Waals surface area contributed by atoms with Gasteiger partial charge in [-0.25, -0.2) is 0 Å². The number of hydrogen-bond donors (Lipinski definition) is 0. The van der Waals surface area contributed by atoms with E-state index in [1.54, 1.807) is 13.8 Å². The number of carbonyl (C=O) groups excluding carboxylic acids is 2. The molecule has 0 radical (unpaired) electrons. The Balaban J connectivity index is 2.06. The Morgan fingerprint density at radius 3 is 2.52 bits per heavy atom. The van der Waals surface area contributed by atoms with Crippen molar-refractivity contribution in [1.82, 2.24) is 0 Å². The van der Waals surface area contributed by atoms with Gasteiger partial charge in [0, 0.05) is 12.8 Å². The number of Topliss-reactive ketones (excluding diaryl/α,β-unsaturated/α-hetero) is 1. The molecule has 138 valence electrons. The van der Waals surface area contributed by atoms with Crippen molar-refractivity contribution in [2.45, 2.75) is 52.7 Å². The van der Waals surface area contributed by atoms with E-state index in [1.165, 1.54) is 7.11 Å². The Kier molecular flexibility index (Phi) is 6.01. The quantitative estimate of drug-likeness (QED) is 0.543. The molecular formula is C20H28O5. The van der Waals surface area contributed by atoms with Gasteiger partial charge in [-0.15, -0.1) is 0 Å². The average molecular weight is 348 g/mol. The average Bonchev–Trinajstić information content (AvgIpc) is 3.08. The Labute approximate surface area is 149 Å². The van der Waals surface area contributed by atoms with E-state index in [4.69, 9.17) is 14.2 Å². The van der Waals surface area contributed by atoms with Gasteiger partial charge < -0.3 is 14.2 Å². The SMILES string of the molecule is COC(=O)C1(C)CC(=O)C(C)=C1/C=C/C(C)=C/CCC1(C)OCCO1. The van der Waals surface area contributed by atoms with Crippen LogP contribution in [0, 0.1) is 5.41 Å². The van der Waals surface area contributed by atoms with Crippen molar-refractivity contribution in [3.63, 3.8) is 0 Å². The first kappa shape index (κ1) is 19.6. The van der Waals surface area contributed by atoms with Gasteiger partial charge in [-0.1, -0.05) is 23.8 Å². The van der Waals surface area contributed by atoms with E-state index >= 15 is 0 Å². The number of ether oxygens (including phenoxy) is 3. The molecule has 1 unspecified atom stereocenters. The second kappa shape index (κ2) is 7.67. The predicted molar refractivity (Wildman–Crippen MR) is 94.9 cm³/mol. The minimum Gasteiger partial charge on any atom is -0.468 e. The molecule has 0 N–H and O–H groups in total. The van der Waals surface area contributed by atoms with E-state index in [0.717, 1.165) is 24.0 Å². The van der Waals surface area contributed by atoms with Crippen LogP contribution in [0.5, 0.6) is 0 Å². The molecule has 0 bridgehead atoms. The molecular weight excluding hydrogens is 320 g/mol. The zero-order chi connectivity index (χ0) is 18.7. The minimum atomic E-state index is -0.897. The number of allylic oxidation sites excluding steroid dienone is 5. The Bertz CT molecular complexity index is 634. The van der Waals surface area contributed by atoms with Crippen LogP contribution in [0.15, 0.2) is 34.9 Å². The van der Waals surface area contributed by atoms with Gasteiger partial charge in [0.1, 0.15) is 0 Å². The highest BCUT2D eigenvalue weighted by atomic mass is 16.7. The van der Waals surface area contributed by atoms with Gasteiger partial charge in [0.15, 0.2) is 11.6 Å². The number of esters is 1. The molecule has 25 heavy (non-hydrogen) atoms. The molecule has 1 heterocycles. The zero-order valence-electron chi connectivity index (χ0n) is 15.8. The molecule has 1 fully saturated rings. The molecule has 2 aliphatic rings. The molecule has 2 rings (SSSR count). The lowest BCUT2D eigenvalue weighted by atomic mass is 9.82. The molecule has 5 nitrogen and oxygen atoms in total. The second-order valence-corrected chi connectivity index (χ2v) is 7.11. The van der Waals surface area contributed by atoms with E-state index in [2.05, 4.69) is 6.08 Å². The van der Waals surface area contributed by atoms with Crippen molar-refractivity contribution in [3.8, 4) is 0 Å². The Hall–Kier alpha value is -1.72. The predicted octanol–water partition coefficient (Wildman–Crippen LogP) is 3.50. The summed E-state index contributed by atoms with van der Waals surface area (Å²) in [5.41, 5.74) is 1.54. The molecule has 0 aromatic rings. The van der Waals surface area contributed by atoms with Crippen LogP contribution in [0.3, 0.4) is 0 Å². The van der Waals surface area contributed by atoms with Gasteiger partial charge in [0.2, 0.25) is 0 Å². The summed E-state index contributed by atoms with van der Waals surface area (Å²) in [6, 6.07) is 0. The Morgan fingerprint density at radius 1 is 1.28 bits per heavy atom. The first-order valence-corrected chi connectivity index (χ1v) is 8.67. The third-order valence-corrected chi connectivity index (χ3v) is 5.04. The molecule has 5 heteroatoms. The largest absolute Gasteiger partial charge is 0.468 e. The van der Waals surface area contributed by atoms with E-state index in [0.29, 0.717) is 18.8 Å². The van der Waals surface area contributed by atoms with Crippen molar-refractivity contribution in [2.75, 3.05) is 20.3 Å². The van der Waals surface area contributed by atoms with Crippen LogP contribution in [0.25, 0.3) is 0 Å². The summed E-state index contributed by atoms with van der Waals surface area (Å²) in [4.78, 5) is 24.2. The molecule has 1 aliphatic heterocycles. The molecule has 0 saturated carbocycles. The van der Waals surface area contributed by atoms with Gasteiger partial charge in [0.25, 0.3) is 0 Å². The van der Waals surface area contributed by atoms with Gasteiger partial charge in [-0.3, -0.25) is 9.59 Å². The summed E-state index contributed by atoms with van der Waals surface area (Å²) in [7, 11) is 1.35. The molecule has 1 aliphatic carbocycles. The fourth-order valence-electron chi connectivity index (χ4n) is 3.38. The highest BCUT2D eigenvalue weighted by Crippen LogP contribution is 2.42. The number of hydrogen-bond acceptors (Lipinski definition) is 5. The van der Waals surface area contributed by atoms with Crippen LogP contribution in [-0.4, -0.2) is 37.9 Å². The highest BCUT2D eigenvalue weighted by molar-refractivity contribution is 6.05. The number of carbonyl (C=O) groups is 2. The monoisotopic (exact) mass is 348 g/mol. The topological polar surface area (TPSA) is 61.8 Å². The third-order valence-electron chi connectivity index (χ3n) is 5.04. The van der Waals surface area contributed by atoms with Crippen LogP contribution < -0.4 is 0 Å². The molecule has 0 aromatic carbocycles. The van der Waals surface area contributed by atoms with Gasteiger partial charge in [-0.2, -0.15) is 0 Å². The molecule has 1 saturated heterocycles. The number of methoxy groups -OCH3 is 1. The molecule has 0 amide bonds. The summed E-state index contributed by atoms with van der Waals surface area (Å²) in [5.74, 6) is -0.860. The summed E-state index contributed by atoms with van der Waals surface area (Å²) in [5, 5.41) is 0. The summed E-state index contributed by atoms with van der Waals surface area (Å²) >= 11 is 0. The number of ketones is 1. The van der Waals surface area contributed by atoms with Crippen molar-refractivity contribution in [3.05, 3.63) is 34.9 Å². The van der Waals surface area contributed by atoms with E-state index in [1.807, 2.05) is 26.0 Å². The first-order chi connectivity index (χ1) is 11.7.